The molecule has 0 unspecified atom stereocenters. The first kappa shape index (κ1) is 15.0. The van der Waals surface area contributed by atoms with Gasteiger partial charge in [-0.15, -0.1) is 0 Å². The number of rotatable bonds is 3. The lowest BCUT2D eigenvalue weighted by molar-refractivity contribution is 0.0697. The first-order valence-corrected chi connectivity index (χ1v) is 7.45. The van der Waals surface area contributed by atoms with E-state index in [4.69, 9.17) is 5.11 Å². The van der Waals surface area contributed by atoms with E-state index in [1.165, 1.54) is 6.20 Å². The zero-order valence-electron chi connectivity index (χ0n) is 10.3. The summed E-state index contributed by atoms with van der Waals surface area (Å²) in [5.41, 5.74) is 1.31. The number of halogens is 2. The molecule has 1 aromatic carbocycles. The summed E-state index contributed by atoms with van der Waals surface area (Å²) in [5, 5.41) is 11.8. The van der Waals surface area contributed by atoms with Crippen LogP contribution in [0, 0.1) is 10.5 Å². The van der Waals surface area contributed by atoms with E-state index in [1.807, 2.05) is 6.07 Å². The molecule has 1 heterocycles. The molecule has 0 bridgehead atoms. The number of benzene rings is 1. The number of carboxylic acids is 1. The molecule has 0 saturated heterocycles. The Morgan fingerprint density at radius 1 is 1.40 bits per heavy atom. The quantitative estimate of drug-likeness (QED) is 0.627. The van der Waals surface area contributed by atoms with E-state index in [-0.39, 0.29) is 17.2 Å². The SMILES string of the molecule is Cc1[nH]cc(NC(=O)c2cc(Br)ccc2I)c1C(=O)O. The van der Waals surface area contributed by atoms with Gasteiger partial charge in [0, 0.05) is 19.9 Å². The van der Waals surface area contributed by atoms with Crippen LogP contribution in [-0.4, -0.2) is 22.0 Å². The molecule has 0 aliphatic carbocycles. The zero-order chi connectivity index (χ0) is 14.9. The second kappa shape index (κ2) is 5.96. The first-order chi connectivity index (χ1) is 9.40. The van der Waals surface area contributed by atoms with Crippen LogP contribution in [0.1, 0.15) is 26.4 Å². The minimum absolute atomic E-state index is 0.0726. The smallest absolute Gasteiger partial charge is 0.339 e. The highest BCUT2D eigenvalue weighted by atomic mass is 127. The van der Waals surface area contributed by atoms with E-state index < -0.39 is 5.97 Å². The number of anilines is 1. The Kier molecular flexibility index (Phi) is 4.48. The second-order valence-electron chi connectivity index (χ2n) is 4.09. The van der Waals surface area contributed by atoms with E-state index >= 15 is 0 Å². The van der Waals surface area contributed by atoms with Gasteiger partial charge in [0.15, 0.2) is 0 Å². The molecule has 2 aromatic rings. The number of aromatic amines is 1. The van der Waals surface area contributed by atoms with Crippen LogP contribution in [0.5, 0.6) is 0 Å². The predicted molar refractivity (Wildman–Crippen MR) is 87.3 cm³/mol. The maximum Gasteiger partial charge on any atom is 0.339 e. The van der Waals surface area contributed by atoms with E-state index in [9.17, 15) is 9.59 Å². The van der Waals surface area contributed by atoms with Crippen molar-refractivity contribution in [2.75, 3.05) is 5.32 Å². The van der Waals surface area contributed by atoms with Crippen LogP contribution < -0.4 is 5.32 Å². The molecular weight excluding hydrogens is 439 g/mol. The average molecular weight is 449 g/mol. The minimum atomic E-state index is -1.08. The number of hydrogen-bond donors (Lipinski definition) is 3. The average Bonchev–Trinajstić information content (AvgIpc) is 2.73. The lowest BCUT2D eigenvalue weighted by Crippen LogP contribution is -2.15. The molecule has 5 nitrogen and oxygen atoms in total. The van der Waals surface area contributed by atoms with Gasteiger partial charge < -0.3 is 15.4 Å². The van der Waals surface area contributed by atoms with Gasteiger partial charge in [-0.1, -0.05) is 15.9 Å². The fourth-order valence-corrected chi connectivity index (χ4v) is 2.70. The Labute approximate surface area is 137 Å². The number of nitrogens with one attached hydrogen (secondary N) is 2. The van der Waals surface area contributed by atoms with Crippen LogP contribution in [0.2, 0.25) is 0 Å². The van der Waals surface area contributed by atoms with Crippen LogP contribution in [0.25, 0.3) is 0 Å². The van der Waals surface area contributed by atoms with Crippen molar-refractivity contribution in [1.29, 1.82) is 0 Å². The van der Waals surface area contributed by atoms with Gasteiger partial charge in [-0.25, -0.2) is 4.79 Å². The van der Waals surface area contributed by atoms with Gasteiger partial charge in [0.2, 0.25) is 0 Å². The molecule has 0 radical (unpaired) electrons. The molecule has 1 aromatic heterocycles. The number of aryl methyl sites for hydroxylation is 1. The number of carbonyl (C=O) groups is 2. The Morgan fingerprint density at radius 2 is 2.10 bits per heavy atom. The summed E-state index contributed by atoms with van der Waals surface area (Å²) in [4.78, 5) is 26.2. The van der Waals surface area contributed by atoms with Crippen molar-refractivity contribution in [3.05, 3.63) is 49.3 Å². The molecule has 0 fully saturated rings. The van der Waals surface area contributed by atoms with Crippen molar-refractivity contribution >= 4 is 56.1 Å². The molecule has 2 rings (SSSR count). The van der Waals surface area contributed by atoms with E-state index in [2.05, 4.69) is 48.8 Å². The molecule has 0 atom stereocenters. The Morgan fingerprint density at radius 3 is 2.75 bits per heavy atom. The lowest BCUT2D eigenvalue weighted by atomic mass is 10.2. The van der Waals surface area contributed by atoms with Crippen LogP contribution in [0.3, 0.4) is 0 Å². The van der Waals surface area contributed by atoms with Crippen molar-refractivity contribution in [3.8, 4) is 0 Å². The van der Waals surface area contributed by atoms with Gasteiger partial charge in [-0.05, 0) is 47.7 Å². The number of aromatic carboxylic acids is 1. The molecule has 3 N–H and O–H groups in total. The molecule has 0 aliphatic heterocycles. The van der Waals surface area contributed by atoms with Crippen molar-refractivity contribution in [1.82, 2.24) is 4.98 Å². The first-order valence-electron chi connectivity index (χ1n) is 5.58. The lowest BCUT2D eigenvalue weighted by Gasteiger charge is -2.07. The Bertz CT molecular complexity index is 697. The normalized spacial score (nSPS) is 10.3. The Balaban J connectivity index is 2.33. The third-order valence-corrected chi connectivity index (χ3v) is 4.15. The fourth-order valence-electron chi connectivity index (χ4n) is 1.76. The summed E-state index contributed by atoms with van der Waals surface area (Å²) in [7, 11) is 0. The van der Waals surface area contributed by atoms with Crippen LogP contribution >= 0.6 is 38.5 Å². The van der Waals surface area contributed by atoms with Crippen molar-refractivity contribution in [2.45, 2.75) is 6.92 Å². The van der Waals surface area contributed by atoms with Crippen molar-refractivity contribution < 1.29 is 14.7 Å². The summed E-state index contributed by atoms with van der Waals surface area (Å²) in [6.45, 7) is 1.64. The fraction of sp³-hybridized carbons (Fsp3) is 0.0769. The summed E-state index contributed by atoms with van der Waals surface area (Å²) < 4.78 is 1.57. The summed E-state index contributed by atoms with van der Waals surface area (Å²) >= 11 is 5.36. The molecule has 1 amide bonds. The van der Waals surface area contributed by atoms with Crippen molar-refractivity contribution in [2.24, 2.45) is 0 Å². The summed E-state index contributed by atoms with van der Waals surface area (Å²) in [6.07, 6.45) is 1.47. The van der Waals surface area contributed by atoms with Crippen molar-refractivity contribution in [3.63, 3.8) is 0 Å². The second-order valence-corrected chi connectivity index (χ2v) is 6.16. The molecule has 20 heavy (non-hydrogen) atoms. The predicted octanol–water partition coefficient (Wildman–Crippen LogP) is 3.64. The molecule has 0 aliphatic rings. The van der Waals surface area contributed by atoms with Gasteiger partial charge >= 0.3 is 5.97 Å². The zero-order valence-corrected chi connectivity index (χ0v) is 14.1. The highest BCUT2D eigenvalue weighted by molar-refractivity contribution is 14.1. The van der Waals surface area contributed by atoms with Gasteiger partial charge in [-0.2, -0.15) is 0 Å². The summed E-state index contributed by atoms with van der Waals surface area (Å²) in [5.74, 6) is -1.43. The number of aromatic nitrogens is 1. The minimum Gasteiger partial charge on any atom is -0.478 e. The molecule has 0 saturated carbocycles. The number of amides is 1. The third kappa shape index (κ3) is 3.04. The van der Waals surface area contributed by atoms with Gasteiger partial charge in [0.25, 0.3) is 5.91 Å². The number of carboxylic acid groups (broad SMARTS) is 1. The van der Waals surface area contributed by atoms with Crippen LogP contribution in [0.4, 0.5) is 5.69 Å². The monoisotopic (exact) mass is 448 g/mol. The van der Waals surface area contributed by atoms with Gasteiger partial charge in [0.1, 0.15) is 5.56 Å². The number of H-pyrrole nitrogens is 1. The highest BCUT2D eigenvalue weighted by Crippen LogP contribution is 2.23. The molecule has 104 valence electrons. The van der Waals surface area contributed by atoms with E-state index in [0.29, 0.717) is 11.3 Å². The Hall–Kier alpha value is -1.35. The third-order valence-electron chi connectivity index (χ3n) is 2.71. The van der Waals surface area contributed by atoms with Gasteiger partial charge in [-0.3, -0.25) is 4.79 Å². The van der Waals surface area contributed by atoms with Gasteiger partial charge in [0.05, 0.1) is 11.3 Å². The number of carbonyl (C=O) groups excluding carboxylic acids is 1. The molecule has 7 heteroatoms. The van der Waals surface area contributed by atoms with E-state index in [0.717, 1.165) is 8.04 Å². The van der Waals surface area contributed by atoms with E-state index in [1.54, 1.807) is 19.1 Å². The van der Waals surface area contributed by atoms with Crippen LogP contribution in [-0.2, 0) is 0 Å². The maximum absolute atomic E-state index is 12.2. The van der Waals surface area contributed by atoms with Crippen LogP contribution in [0.15, 0.2) is 28.9 Å². The largest absolute Gasteiger partial charge is 0.478 e. The topological polar surface area (TPSA) is 82.2 Å². The standard InChI is InChI=1S/C13H10BrIN2O3/c1-6-11(13(19)20)10(5-16-6)17-12(18)8-4-7(14)2-3-9(8)15/h2-5,16H,1H3,(H,17,18)(H,19,20). The maximum atomic E-state index is 12.2. The highest BCUT2D eigenvalue weighted by Gasteiger charge is 2.18. The molecular formula is C13H10BrIN2O3. The summed E-state index contributed by atoms with van der Waals surface area (Å²) in [6, 6.07) is 5.33. The molecule has 0 spiro atoms. The number of hydrogen-bond acceptors (Lipinski definition) is 2.